The summed E-state index contributed by atoms with van der Waals surface area (Å²) in [7, 11) is -3.71. The van der Waals surface area contributed by atoms with E-state index in [1.165, 1.54) is 4.90 Å². The molecule has 0 aliphatic carbocycles. The first kappa shape index (κ1) is 15.6. The van der Waals surface area contributed by atoms with Gasteiger partial charge in [0.15, 0.2) is 0 Å². The number of sulfonamides is 1. The van der Waals surface area contributed by atoms with Crippen molar-refractivity contribution in [1.29, 1.82) is 0 Å². The van der Waals surface area contributed by atoms with Gasteiger partial charge in [0.25, 0.3) is 0 Å². The number of nitrogens with zero attached hydrogens (tertiary/aromatic N) is 1. The number of rotatable bonds is 3. The lowest BCUT2D eigenvalue weighted by atomic mass is 10.1. The van der Waals surface area contributed by atoms with Crippen LogP contribution in [0.25, 0.3) is 0 Å². The van der Waals surface area contributed by atoms with E-state index in [-0.39, 0.29) is 24.9 Å². The number of primary sulfonamides is 1. The summed E-state index contributed by atoms with van der Waals surface area (Å²) in [5, 5.41) is 5.08. The molecule has 1 aliphatic heterocycles. The maximum Gasteiger partial charge on any atom is 0.224 e. The molecule has 2 atom stereocenters. The van der Waals surface area contributed by atoms with Crippen LogP contribution in [0.2, 0.25) is 10.0 Å². The highest BCUT2D eigenvalue weighted by Crippen LogP contribution is 2.31. The van der Waals surface area contributed by atoms with Crippen LogP contribution in [0.1, 0.15) is 24.9 Å². The maximum absolute atomic E-state index is 11.9. The third-order valence-electron chi connectivity index (χ3n) is 3.48. The van der Waals surface area contributed by atoms with E-state index in [4.69, 9.17) is 28.3 Å². The molecule has 1 aromatic carbocycles. The summed E-state index contributed by atoms with van der Waals surface area (Å²) in [5.41, 5.74) is 0.794. The van der Waals surface area contributed by atoms with Crippen LogP contribution >= 0.6 is 23.2 Å². The normalized spacial score (nSPS) is 21.3. The summed E-state index contributed by atoms with van der Waals surface area (Å²) >= 11 is 11.8. The molecule has 2 unspecified atom stereocenters. The van der Waals surface area contributed by atoms with Crippen molar-refractivity contribution in [3.8, 4) is 0 Å². The molecule has 1 amide bonds. The first-order chi connectivity index (χ1) is 9.20. The first-order valence-corrected chi connectivity index (χ1v) is 8.32. The van der Waals surface area contributed by atoms with E-state index in [1.807, 2.05) is 6.92 Å². The van der Waals surface area contributed by atoms with Crippen molar-refractivity contribution in [2.45, 2.75) is 24.6 Å². The lowest BCUT2D eigenvalue weighted by Crippen LogP contribution is -2.33. The molecule has 0 spiro atoms. The van der Waals surface area contributed by atoms with Crippen LogP contribution in [0.5, 0.6) is 0 Å². The summed E-state index contributed by atoms with van der Waals surface area (Å²) < 4.78 is 22.7. The van der Waals surface area contributed by atoms with Crippen molar-refractivity contribution in [3.63, 3.8) is 0 Å². The van der Waals surface area contributed by atoms with E-state index >= 15 is 0 Å². The fourth-order valence-electron chi connectivity index (χ4n) is 2.24. The van der Waals surface area contributed by atoms with Crippen molar-refractivity contribution in [3.05, 3.63) is 33.8 Å². The lowest BCUT2D eigenvalue weighted by Gasteiger charge is -2.25. The molecule has 1 aliphatic rings. The number of likely N-dealkylation sites (tertiary alicyclic amines) is 1. The zero-order chi connectivity index (χ0) is 15.1. The highest BCUT2D eigenvalue weighted by Gasteiger charge is 2.38. The molecule has 110 valence electrons. The zero-order valence-electron chi connectivity index (χ0n) is 10.7. The maximum atomic E-state index is 11.9. The number of amides is 1. The van der Waals surface area contributed by atoms with Gasteiger partial charge >= 0.3 is 0 Å². The number of benzene rings is 1. The van der Waals surface area contributed by atoms with Gasteiger partial charge in [0, 0.05) is 13.0 Å². The molecule has 0 bridgehead atoms. The first-order valence-electron chi connectivity index (χ1n) is 5.96. The van der Waals surface area contributed by atoms with Crippen molar-refractivity contribution in [2.24, 2.45) is 5.14 Å². The molecule has 0 saturated carbocycles. The van der Waals surface area contributed by atoms with Gasteiger partial charge in [0.1, 0.15) is 5.25 Å². The Kier molecular flexibility index (Phi) is 4.30. The van der Waals surface area contributed by atoms with Gasteiger partial charge < -0.3 is 4.90 Å². The highest BCUT2D eigenvalue weighted by atomic mass is 35.5. The summed E-state index contributed by atoms with van der Waals surface area (Å²) in [6, 6.07) is 4.79. The molecule has 1 saturated heterocycles. The third kappa shape index (κ3) is 3.09. The van der Waals surface area contributed by atoms with Crippen molar-refractivity contribution in [2.75, 3.05) is 6.54 Å². The second kappa shape index (κ2) is 5.52. The van der Waals surface area contributed by atoms with Gasteiger partial charge in [0.05, 0.1) is 16.1 Å². The molecule has 1 fully saturated rings. The molecule has 0 aromatic heterocycles. The smallest absolute Gasteiger partial charge is 0.224 e. The Labute approximate surface area is 127 Å². The quantitative estimate of drug-likeness (QED) is 0.915. The van der Waals surface area contributed by atoms with Gasteiger partial charge in [-0.2, -0.15) is 0 Å². The Hall–Kier alpha value is -0.820. The average molecular weight is 337 g/mol. The Bertz CT molecular complexity index is 648. The minimum Gasteiger partial charge on any atom is -0.335 e. The molecule has 0 radical (unpaired) electrons. The van der Waals surface area contributed by atoms with Gasteiger partial charge in [-0.05, 0) is 24.6 Å². The van der Waals surface area contributed by atoms with Gasteiger partial charge in [-0.1, -0.05) is 29.3 Å². The fourth-order valence-corrected chi connectivity index (χ4v) is 3.29. The second-order valence-electron chi connectivity index (χ2n) is 4.81. The van der Waals surface area contributed by atoms with Crippen molar-refractivity contribution in [1.82, 2.24) is 4.90 Å². The number of carbonyl (C=O) groups excluding carboxylic acids is 1. The minimum atomic E-state index is -3.71. The Morgan fingerprint density at radius 1 is 1.35 bits per heavy atom. The molecule has 2 N–H and O–H groups in total. The predicted octanol–water partition coefficient (Wildman–Crippen LogP) is 1.94. The van der Waals surface area contributed by atoms with Crippen LogP contribution in [0.4, 0.5) is 0 Å². The molecule has 2 rings (SSSR count). The Morgan fingerprint density at radius 3 is 2.50 bits per heavy atom. The summed E-state index contributed by atoms with van der Waals surface area (Å²) in [5.74, 6) is -0.234. The molecular weight excluding hydrogens is 323 g/mol. The molecule has 1 aromatic rings. The predicted molar refractivity (Wildman–Crippen MR) is 78.1 cm³/mol. The highest BCUT2D eigenvalue weighted by molar-refractivity contribution is 7.89. The SMILES string of the molecule is CC(c1ccc(Cl)c(Cl)c1)N1CC(S(N)(=O)=O)CC1=O. The van der Waals surface area contributed by atoms with Crippen LogP contribution < -0.4 is 5.14 Å². The monoisotopic (exact) mass is 336 g/mol. The lowest BCUT2D eigenvalue weighted by molar-refractivity contribution is -0.129. The van der Waals surface area contributed by atoms with E-state index in [1.54, 1.807) is 18.2 Å². The fraction of sp³-hybridized carbons (Fsp3) is 0.417. The zero-order valence-corrected chi connectivity index (χ0v) is 13.0. The summed E-state index contributed by atoms with van der Waals surface area (Å²) in [4.78, 5) is 13.4. The van der Waals surface area contributed by atoms with Gasteiger partial charge in [-0.25, -0.2) is 13.6 Å². The van der Waals surface area contributed by atoms with E-state index in [0.29, 0.717) is 10.0 Å². The number of halogens is 2. The van der Waals surface area contributed by atoms with E-state index in [9.17, 15) is 13.2 Å². The molecule has 8 heteroatoms. The largest absolute Gasteiger partial charge is 0.335 e. The second-order valence-corrected chi connectivity index (χ2v) is 7.47. The van der Waals surface area contributed by atoms with Crippen LogP contribution in [0, 0.1) is 0 Å². The topological polar surface area (TPSA) is 80.5 Å². The van der Waals surface area contributed by atoms with E-state index in [2.05, 4.69) is 0 Å². The third-order valence-corrected chi connectivity index (χ3v) is 5.47. The molecule has 20 heavy (non-hydrogen) atoms. The van der Waals surface area contributed by atoms with Crippen LogP contribution in [-0.2, 0) is 14.8 Å². The van der Waals surface area contributed by atoms with Gasteiger partial charge in [-0.3, -0.25) is 4.79 Å². The Balaban J connectivity index is 2.23. The molecular formula is C12H14Cl2N2O3S. The number of nitrogens with two attached hydrogens (primary N) is 1. The van der Waals surface area contributed by atoms with E-state index < -0.39 is 15.3 Å². The van der Waals surface area contributed by atoms with E-state index in [0.717, 1.165) is 5.56 Å². The van der Waals surface area contributed by atoms with Crippen molar-refractivity contribution >= 4 is 39.1 Å². The van der Waals surface area contributed by atoms with Crippen LogP contribution in [0.3, 0.4) is 0 Å². The van der Waals surface area contributed by atoms with Crippen LogP contribution in [0.15, 0.2) is 18.2 Å². The summed E-state index contributed by atoms with van der Waals surface area (Å²) in [6.45, 7) is 1.90. The molecule has 1 heterocycles. The van der Waals surface area contributed by atoms with Crippen LogP contribution in [-0.4, -0.2) is 31.0 Å². The molecule has 5 nitrogen and oxygen atoms in total. The van der Waals surface area contributed by atoms with Gasteiger partial charge in [0.2, 0.25) is 15.9 Å². The number of carbonyl (C=O) groups is 1. The summed E-state index contributed by atoms with van der Waals surface area (Å²) in [6.07, 6.45) is -0.0789. The number of hydrogen-bond acceptors (Lipinski definition) is 3. The average Bonchev–Trinajstić information content (AvgIpc) is 2.74. The minimum absolute atomic E-state index is 0.0789. The number of hydrogen-bond donors (Lipinski definition) is 1. The van der Waals surface area contributed by atoms with Gasteiger partial charge in [-0.15, -0.1) is 0 Å². The van der Waals surface area contributed by atoms with Crippen molar-refractivity contribution < 1.29 is 13.2 Å². The standard InChI is InChI=1S/C12H14Cl2N2O3S/c1-7(8-2-3-10(13)11(14)4-8)16-6-9(5-12(16)17)20(15,18)19/h2-4,7,9H,5-6H2,1H3,(H2,15,18,19). The Morgan fingerprint density at radius 2 is 2.00 bits per heavy atom.